The van der Waals surface area contributed by atoms with Crippen LogP contribution in [0.5, 0.6) is 0 Å². The number of thioether (sulfide) groups is 1. The Kier molecular flexibility index (Phi) is 5.87. The van der Waals surface area contributed by atoms with Crippen molar-refractivity contribution >= 4 is 56.9 Å². The summed E-state index contributed by atoms with van der Waals surface area (Å²) < 4.78 is 29.1. The Hall–Kier alpha value is -3.96. The highest BCUT2D eigenvalue weighted by Gasteiger charge is 2.18. The van der Waals surface area contributed by atoms with Gasteiger partial charge >= 0.3 is 5.69 Å². The number of amides is 1. The molecule has 0 spiro atoms. The highest BCUT2D eigenvalue weighted by atomic mass is 35.5. The Morgan fingerprint density at radius 2 is 1.83 bits per heavy atom. The molecule has 5 aromatic rings. The van der Waals surface area contributed by atoms with Gasteiger partial charge in [-0.25, -0.2) is 18.6 Å². The summed E-state index contributed by atoms with van der Waals surface area (Å²) in [6.07, 6.45) is 0. The number of fused-ring (bicyclic) bond motifs is 2. The number of carbonyl (C=O) groups excluding carboxylic acids is 1. The fraction of sp³-hybridized carbons (Fsp3) is 0.0435. The standard InChI is InChI=1S/C23H14ClF2N5O3S/c24-11-1-4-16-14(7-11)21(33)31(19-6-2-12(25)8-15(19)26)23(30-16)35-10-20(32)27-13-3-5-17-18(9-13)29-22(34)28-17/h1-9H,10H2,(H,27,32)(H2,28,29,34). The summed E-state index contributed by atoms with van der Waals surface area (Å²) in [5.74, 6) is -2.36. The van der Waals surface area contributed by atoms with E-state index < -0.39 is 23.1 Å². The molecule has 0 atom stereocenters. The lowest BCUT2D eigenvalue weighted by molar-refractivity contribution is -0.113. The average Bonchev–Trinajstić information content (AvgIpc) is 3.18. The quantitative estimate of drug-likeness (QED) is 0.241. The van der Waals surface area contributed by atoms with Crippen molar-refractivity contribution in [3.8, 4) is 5.69 Å². The maximum atomic E-state index is 14.6. The first-order valence-corrected chi connectivity index (χ1v) is 11.5. The summed E-state index contributed by atoms with van der Waals surface area (Å²) in [6, 6.07) is 12.2. The van der Waals surface area contributed by atoms with Crippen LogP contribution in [0.15, 0.2) is 69.3 Å². The van der Waals surface area contributed by atoms with Crippen LogP contribution in [0.4, 0.5) is 14.5 Å². The first kappa shape index (κ1) is 22.8. The van der Waals surface area contributed by atoms with Crippen molar-refractivity contribution in [2.24, 2.45) is 0 Å². The van der Waals surface area contributed by atoms with E-state index in [0.717, 1.165) is 28.5 Å². The van der Waals surface area contributed by atoms with E-state index in [4.69, 9.17) is 11.6 Å². The van der Waals surface area contributed by atoms with Crippen LogP contribution >= 0.6 is 23.4 Å². The number of nitrogens with zero attached hydrogens (tertiary/aromatic N) is 2. The van der Waals surface area contributed by atoms with Crippen molar-refractivity contribution in [1.29, 1.82) is 0 Å². The van der Waals surface area contributed by atoms with Gasteiger partial charge in [0, 0.05) is 16.8 Å². The zero-order valence-electron chi connectivity index (χ0n) is 17.6. The van der Waals surface area contributed by atoms with E-state index in [0.29, 0.717) is 33.3 Å². The number of rotatable bonds is 5. The van der Waals surface area contributed by atoms with Crippen molar-refractivity contribution in [3.05, 3.63) is 92.1 Å². The molecule has 2 heterocycles. The molecule has 0 fully saturated rings. The Labute approximate surface area is 204 Å². The van der Waals surface area contributed by atoms with Gasteiger partial charge in [-0.05, 0) is 48.5 Å². The molecular formula is C23H14ClF2N5O3S. The van der Waals surface area contributed by atoms with Crippen molar-refractivity contribution in [3.63, 3.8) is 0 Å². The molecule has 0 saturated carbocycles. The largest absolute Gasteiger partial charge is 0.325 e. The average molecular weight is 514 g/mol. The molecule has 12 heteroatoms. The normalized spacial score (nSPS) is 11.3. The molecule has 0 bridgehead atoms. The van der Waals surface area contributed by atoms with E-state index in [1.165, 1.54) is 6.07 Å². The van der Waals surface area contributed by atoms with Gasteiger partial charge < -0.3 is 15.3 Å². The lowest BCUT2D eigenvalue weighted by atomic mass is 10.2. The second kappa shape index (κ2) is 9.01. The van der Waals surface area contributed by atoms with Gasteiger partial charge in [-0.1, -0.05) is 23.4 Å². The monoisotopic (exact) mass is 513 g/mol. The van der Waals surface area contributed by atoms with Gasteiger partial charge in [-0.15, -0.1) is 0 Å². The van der Waals surface area contributed by atoms with Gasteiger partial charge in [-0.2, -0.15) is 0 Å². The molecule has 0 radical (unpaired) electrons. The molecule has 3 N–H and O–H groups in total. The number of hydrogen-bond donors (Lipinski definition) is 3. The van der Waals surface area contributed by atoms with Crippen LogP contribution in [0.3, 0.4) is 0 Å². The lowest BCUT2D eigenvalue weighted by Crippen LogP contribution is -2.24. The molecule has 1 amide bonds. The summed E-state index contributed by atoms with van der Waals surface area (Å²) in [5, 5.41) is 3.17. The highest BCUT2D eigenvalue weighted by molar-refractivity contribution is 7.99. The maximum Gasteiger partial charge on any atom is 0.323 e. The molecule has 5 rings (SSSR count). The van der Waals surface area contributed by atoms with E-state index in [-0.39, 0.29) is 27.7 Å². The second-order valence-electron chi connectivity index (χ2n) is 7.47. The van der Waals surface area contributed by atoms with Crippen LogP contribution in [0, 0.1) is 11.6 Å². The topological polar surface area (TPSA) is 113 Å². The molecule has 8 nitrogen and oxygen atoms in total. The van der Waals surface area contributed by atoms with Crippen molar-refractivity contribution in [2.75, 3.05) is 11.1 Å². The van der Waals surface area contributed by atoms with E-state index in [1.54, 1.807) is 30.3 Å². The summed E-state index contributed by atoms with van der Waals surface area (Å²) >= 11 is 6.92. The third-order valence-electron chi connectivity index (χ3n) is 5.08. The van der Waals surface area contributed by atoms with Gasteiger partial charge in [0.2, 0.25) is 5.91 Å². The molecular weight excluding hydrogens is 500 g/mol. The number of nitrogens with one attached hydrogen (secondary N) is 3. The first-order chi connectivity index (χ1) is 16.8. The van der Waals surface area contributed by atoms with Crippen LogP contribution in [-0.4, -0.2) is 31.2 Å². The number of hydrogen-bond acceptors (Lipinski definition) is 5. The Morgan fingerprint density at radius 3 is 2.63 bits per heavy atom. The number of aromatic amines is 2. The molecule has 0 aliphatic heterocycles. The molecule has 0 unspecified atom stereocenters. The van der Waals surface area contributed by atoms with Crippen LogP contribution < -0.4 is 16.6 Å². The number of halogens is 3. The number of imidazole rings is 1. The van der Waals surface area contributed by atoms with E-state index in [9.17, 15) is 23.2 Å². The third kappa shape index (κ3) is 4.55. The van der Waals surface area contributed by atoms with E-state index in [1.807, 2.05) is 0 Å². The second-order valence-corrected chi connectivity index (χ2v) is 8.85. The molecule has 0 aliphatic rings. The highest BCUT2D eigenvalue weighted by Crippen LogP contribution is 2.25. The number of benzene rings is 3. The lowest BCUT2D eigenvalue weighted by Gasteiger charge is -2.14. The summed E-state index contributed by atoms with van der Waals surface area (Å²) in [7, 11) is 0. The van der Waals surface area contributed by atoms with Crippen molar-refractivity contribution in [1.82, 2.24) is 19.5 Å². The predicted octanol–water partition coefficient (Wildman–Crippen LogP) is 4.22. The minimum atomic E-state index is -0.963. The van der Waals surface area contributed by atoms with Gasteiger partial charge in [0.05, 0.1) is 33.4 Å². The third-order valence-corrected chi connectivity index (χ3v) is 6.26. The zero-order valence-corrected chi connectivity index (χ0v) is 19.1. The number of H-pyrrole nitrogens is 2. The zero-order chi connectivity index (χ0) is 24.7. The fourth-order valence-corrected chi connectivity index (χ4v) is 4.52. The number of carbonyl (C=O) groups is 1. The van der Waals surface area contributed by atoms with Crippen LogP contribution in [0.1, 0.15) is 0 Å². The van der Waals surface area contributed by atoms with Crippen molar-refractivity contribution < 1.29 is 13.6 Å². The summed E-state index contributed by atoms with van der Waals surface area (Å²) in [5.41, 5.74) is 0.672. The summed E-state index contributed by atoms with van der Waals surface area (Å²) in [4.78, 5) is 46.9. The Balaban J connectivity index is 1.48. The van der Waals surface area contributed by atoms with Crippen LogP contribution in [-0.2, 0) is 4.79 Å². The Morgan fingerprint density at radius 1 is 1.03 bits per heavy atom. The molecule has 0 saturated heterocycles. The van der Waals surface area contributed by atoms with Crippen LogP contribution in [0.2, 0.25) is 5.02 Å². The van der Waals surface area contributed by atoms with E-state index in [2.05, 4.69) is 20.3 Å². The smallest absolute Gasteiger partial charge is 0.323 e. The molecule has 0 aliphatic carbocycles. The van der Waals surface area contributed by atoms with Gasteiger partial charge in [0.25, 0.3) is 5.56 Å². The number of anilines is 1. The van der Waals surface area contributed by atoms with Crippen molar-refractivity contribution in [2.45, 2.75) is 5.16 Å². The van der Waals surface area contributed by atoms with E-state index >= 15 is 0 Å². The van der Waals surface area contributed by atoms with Gasteiger partial charge in [0.1, 0.15) is 11.6 Å². The van der Waals surface area contributed by atoms with Gasteiger partial charge in [0.15, 0.2) is 5.16 Å². The number of aromatic nitrogens is 4. The van der Waals surface area contributed by atoms with Gasteiger partial charge in [-0.3, -0.25) is 14.2 Å². The molecule has 35 heavy (non-hydrogen) atoms. The molecule has 2 aromatic heterocycles. The van der Waals surface area contributed by atoms with Crippen LogP contribution in [0.25, 0.3) is 27.6 Å². The summed E-state index contributed by atoms with van der Waals surface area (Å²) in [6.45, 7) is 0. The minimum absolute atomic E-state index is 0.0379. The predicted molar refractivity (Wildman–Crippen MR) is 131 cm³/mol. The maximum absolute atomic E-state index is 14.6. The minimum Gasteiger partial charge on any atom is -0.325 e. The first-order valence-electron chi connectivity index (χ1n) is 10.1. The Bertz CT molecular complexity index is 1750. The molecule has 3 aromatic carbocycles. The fourth-order valence-electron chi connectivity index (χ4n) is 3.55. The SMILES string of the molecule is O=C(CSc1nc2ccc(Cl)cc2c(=O)n1-c1ccc(F)cc1F)Nc1ccc2[nH]c(=O)[nH]c2c1. The molecule has 176 valence electrons.